The van der Waals surface area contributed by atoms with E-state index in [1.54, 1.807) is 7.11 Å². The largest absolute Gasteiger partial charge is 0.497 e. The fourth-order valence-corrected chi connectivity index (χ4v) is 2.52. The number of hydrogen-bond donors (Lipinski definition) is 1. The summed E-state index contributed by atoms with van der Waals surface area (Å²) in [6, 6.07) is 5.92. The maximum atomic E-state index is 11.6. The Morgan fingerprint density at radius 3 is 2.94 bits per heavy atom. The van der Waals surface area contributed by atoms with E-state index in [0.29, 0.717) is 13.0 Å². The van der Waals surface area contributed by atoms with Crippen LogP contribution >= 0.6 is 0 Å². The summed E-state index contributed by atoms with van der Waals surface area (Å²) in [7, 11) is 1.64. The Bertz CT molecular complexity index is 445. The molecule has 2 unspecified atom stereocenters. The summed E-state index contributed by atoms with van der Waals surface area (Å²) in [6.07, 6.45) is 1.15. The van der Waals surface area contributed by atoms with Crippen molar-refractivity contribution in [3.05, 3.63) is 29.3 Å². The highest BCUT2D eigenvalue weighted by Gasteiger charge is 2.32. The van der Waals surface area contributed by atoms with E-state index in [1.165, 1.54) is 5.56 Å². The van der Waals surface area contributed by atoms with Gasteiger partial charge in [-0.05, 0) is 36.6 Å². The zero-order valence-electron chi connectivity index (χ0n) is 10.8. The van der Waals surface area contributed by atoms with Gasteiger partial charge in [-0.3, -0.25) is 4.79 Å². The van der Waals surface area contributed by atoms with E-state index in [0.717, 1.165) is 17.7 Å². The Hall–Kier alpha value is -1.55. The second-order valence-electron chi connectivity index (χ2n) is 4.55. The van der Waals surface area contributed by atoms with Gasteiger partial charge in [-0.1, -0.05) is 6.07 Å². The first-order chi connectivity index (χ1) is 8.65. The van der Waals surface area contributed by atoms with Crippen LogP contribution in [0, 0.1) is 0 Å². The predicted molar refractivity (Wildman–Crippen MR) is 68.7 cm³/mol. The lowest BCUT2D eigenvalue weighted by Gasteiger charge is -2.16. The highest BCUT2D eigenvalue weighted by Crippen LogP contribution is 2.37. The number of esters is 1. The lowest BCUT2D eigenvalue weighted by molar-refractivity contribution is -0.143. The van der Waals surface area contributed by atoms with Crippen molar-refractivity contribution in [2.75, 3.05) is 13.7 Å². The summed E-state index contributed by atoms with van der Waals surface area (Å²) in [5.74, 6) is 0.652. The average molecular weight is 249 g/mol. The number of hydrogen-bond acceptors (Lipinski definition) is 4. The molecule has 0 saturated heterocycles. The first kappa shape index (κ1) is 12.9. The van der Waals surface area contributed by atoms with E-state index < -0.39 is 0 Å². The molecule has 2 rings (SSSR count). The topological polar surface area (TPSA) is 61.5 Å². The normalized spacial score (nSPS) is 21.5. The number of rotatable bonds is 4. The highest BCUT2D eigenvalue weighted by molar-refractivity contribution is 5.71. The third-order valence-corrected chi connectivity index (χ3v) is 3.42. The standard InChI is InChI=1S/C14H19NO3/c1-3-18-14(16)8-12-11-7-10(17-2)5-4-9(11)6-13(12)15/h4-5,7,12-13H,3,6,8,15H2,1-2H3. The molecule has 0 radical (unpaired) electrons. The van der Waals surface area contributed by atoms with Crippen molar-refractivity contribution >= 4 is 5.97 Å². The fourth-order valence-electron chi connectivity index (χ4n) is 2.52. The molecule has 1 aromatic rings. The molecule has 98 valence electrons. The predicted octanol–water partition coefficient (Wildman–Crippen LogP) is 1.62. The molecule has 0 saturated carbocycles. The van der Waals surface area contributed by atoms with Crippen molar-refractivity contribution in [2.45, 2.75) is 31.7 Å². The molecule has 0 heterocycles. The van der Waals surface area contributed by atoms with Crippen LogP contribution in [0.25, 0.3) is 0 Å². The maximum Gasteiger partial charge on any atom is 0.306 e. The summed E-state index contributed by atoms with van der Waals surface area (Å²) in [5, 5.41) is 0. The van der Waals surface area contributed by atoms with E-state index in [-0.39, 0.29) is 17.9 Å². The van der Waals surface area contributed by atoms with Gasteiger partial charge in [-0.2, -0.15) is 0 Å². The minimum absolute atomic E-state index is 0.0171. The van der Waals surface area contributed by atoms with Crippen LogP contribution < -0.4 is 10.5 Å². The van der Waals surface area contributed by atoms with Crippen LogP contribution in [0.4, 0.5) is 0 Å². The van der Waals surface area contributed by atoms with Crippen LogP contribution in [-0.2, 0) is 16.0 Å². The molecule has 0 spiro atoms. The summed E-state index contributed by atoms with van der Waals surface area (Å²) in [5.41, 5.74) is 8.44. The molecule has 18 heavy (non-hydrogen) atoms. The Labute approximate surface area is 107 Å². The van der Waals surface area contributed by atoms with Crippen LogP contribution in [0.1, 0.15) is 30.4 Å². The first-order valence-corrected chi connectivity index (χ1v) is 6.23. The monoisotopic (exact) mass is 249 g/mol. The van der Waals surface area contributed by atoms with Gasteiger partial charge in [0.1, 0.15) is 5.75 Å². The minimum atomic E-state index is -0.186. The molecular weight excluding hydrogens is 230 g/mol. The number of carbonyl (C=O) groups excluding carboxylic acids is 1. The van der Waals surface area contributed by atoms with Crippen molar-refractivity contribution in [1.29, 1.82) is 0 Å². The number of fused-ring (bicyclic) bond motifs is 1. The van der Waals surface area contributed by atoms with Crippen molar-refractivity contribution in [3.8, 4) is 5.75 Å². The zero-order chi connectivity index (χ0) is 13.1. The summed E-state index contributed by atoms with van der Waals surface area (Å²) >= 11 is 0. The van der Waals surface area contributed by atoms with Gasteiger partial charge in [0, 0.05) is 12.0 Å². The van der Waals surface area contributed by atoms with Crippen LogP contribution in [0.3, 0.4) is 0 Å². The quantitative estimate of drug-likeness (QED) is 0.824. The van der Waals surface area contributed by atoms with Crippen molar-refractivity contribution in [2.24, 2.45) is 5.73 Å². The van der Waals surface area contributed by atoms with E-state index in [4.69, 9.17) is 15.2 Å². The first-order valence-electron chi connectivity index (χ1n) is 6.23. The molecule has 1 aromatic carbocycles. The lowest BCUT2D eigenvalue weighted by Crippen LogP contribution is -2.27. The molecule has 4 heteroatoms. The molecule has 0 aromatic heterocycles. The fraction of sp³-hybridized carbons (Fsp3) is 0.500. The Morgan fingerprint density at radius 1 is 1.50 bits per heavy atom. The molecule has 0 bridgehead atoms. The summed E-state index contributed by atoms with van der Waals surface area (Å²) in [4.78, 5) is 11.6. The third kappa shape index (κ3) is 2.48. The molecule has 0 fully saturated rings. The number of benzene rings is 1. The van der Waals surface area contributed by atoms with E-state index >= 15 is 0 Å². The molecule has 1 aliphatic rings. The number of ether oxygens (including phenoxy) is 2. The third-order valence-electron chi connectivity index (χ3n) is 3.42. The molecule has 2 N–H and O–H groups in total. The number of nitrogens with two attached hydrogens (primary N) is 1. The molecule has 2 atom stereocenters. The van der Waals surface area contributed by atoms with E-state index in [2.05, 4.69) is 0 Å². The summed E-state index contributed by atoms with van der Waals surface area (Å²) in [6.45, 7) is 2.22. The lowest BCUT2D eigenvalue weighted by atomic mass is 9.95. The van der Waals surface area contributed by atoms with Crippen molar-refractivity contribution in [1.82, 2.24) is 0 Å². The van der Waals surface area contributed by atoms with Crippen LogP contribution in [0.15, 0.2) is 18.2 Å². The Morgan fingerprint density at radius 2 is 2.28 bits per heavy atom. The zero-order valence-corrected chi connectivity index (χ0v) is 10.8. The average Bonchev–Trinajstić information content (AvgIpc) is 2.65. The summed E-state index contributed by atoms with van der Waals surface area (Å²) < 4.78 is 10.2. The SMILES string of the molecule is CCOC(=O)CC1c2cc(OC)ccc2CC1N. The van der Waals surface area contributed by atoms with E-state index in [9.17, 15) is 4.79 Å². The van der Waals surface area contributed by atoms with Crippen LogP contribution in [0.5, 0.6) is 5.75 Å². The maximum absolute atomic E-state index is 11.6. The molecular formula is C14H19NO3. The van der Waals surface area contributed by atoms with Gasteiger partial charge in [0.25, 0.3) is 0 Å². The van der Waals surface area contributed by atoms with Gasteiger partial charge in [0.05, 0.1) is 20.1 Å². The minimum Gasteiger partial charge on any atom is -0.497 e. The van der Waals surface area contributed by atoms with Crippen molar-refractivity contribution < 1.29 is 14.3 Å². The van der Waals surface area contributed by atoms with Gasteiger partial charge < -0.3 is 15.2 Å². The second-order valence-corrected chi connectivity index (χ2v) is 4.55. The molecule has 0 amide bonds. The molecule has 0 aliphatic heterocycles. The highest BCUT2D eigenvalue weighted by atomic mass is 16.5. The van der Waals surface area contributed by atoms with Gasteiger partial charge in [0.15, 0.2) is 0 Å². The second kappa shape index (κ2) is 5.40. The smallest absolute Gasteiger partial charge is 0.306 e. The number of methoxy groups -OCH3 is 1. The van der Waals surface area contributed by atoms with Crippen molar-refractivity contribution in [3.63, 3.8) is 0 Å². The molecule has 4 nitrogen and oxygen atoms in total. The van der Waals surface area contributed by atoms with Crippen LogP contribution in [0.2, 0.25) is 0 Å². The van der Waals surface area contributed by atoms with Gasteiger partial charge >= 0.3 is 5.97 Å². The van der Waals surface area contributed by atoms with E-state index in [1.807, 2.05) is 25.1 Å². The molecule has 1 aliphatic carbocycles. The Balaban J connectivity index is 2.20. The van der Waals surface area contributed by atoms with Crippen LogP contribution in [-0.4, -0.2) is 25.7 Å². The van der Waals surface area contributed by atoms with Gasteiger partial charge in [0.2, 0.25) is 0 Å². The van der Waals surface area contributed by atoms with Gasteiger partial charge in [-0.15, -0.1) is 0 Å². The van der Waals surface area contributed by atoms with Gasteiger partial charge in [-0.25, -0.2) is 0 Å². The number of carbonyl (C=O) groups is 1. The Kier molecular flexibility index (Phi) is 3.87.